The zero-order chi connectivity index (χ0) is 19.7. The average Bonchev–Trinajstić information content (AvgIpc) is 2.67. The minimum atomic E-state index is -0.555. The number of nitrogens with zero attached hydrogens (tertiary/aromatic N) is 2. The van der Waals surface area contributed by atoms with Crippen molar-refractivity contribution in [3.63, 3.8) is 0 Å². The lowest BCUT2D eigenvalue weighted by Crippen LogP contribution is -2.66. The van der Waals surface area contributed by atoms with E-state index < -0.39 is 6.04 Å². The first kappa shape index (κ1) is 18.5. The van der Waals surface area contributed by atoms with Crippen molar-refractivity contribution < 1.29 is 14.6 Å². The summed E-state index contributed by atoms with van der Waals surface area (Å²) in [6, 6.07) is 17.1. The van der Waals surface area contributed by atoms with Crippen LogP contribution in [0.1, 0.15) is 30.7 Å². The maximum Gasteiger partial charge on any atom is 0.227 e. The van der Waals surface area contributed by atoms with Gasteiger partial charge in [0.15, 0.2) is 0 Å². The van der Waals surface area contributed by atoms with Gasteiger partial charge in [-0.05, 0) is 30.0 Å². The van der Waals surface area contributed by atoms with E-state index in [0.29, 0.717) is 0 Å². The van der Waals surface area contributed by atoms with Crippen LogP contribution in [-0.2, 0) is 4.79 Å². The summed E-state index contributed by atoms with van der Waals surface area (Å²) in [4.78, 5) is 14.4. The molecule has 0 aromatic heterocycles. The number of rotatable bonds is 5. The molecule has 0 unspecified atom stereocenters. The summed E-state index contributed by atoms with van der Waals surface area (Å²) in [5, 5.41) is 19.9. The summed E-state index contributed by atoms with van der Waals surface area (Å²) in [6.07, 6.45) is 2.83. The first-order valence-electron chi connectivity index (χ1n) is 9.76. The Bertz CT molecular complexity index is 916. The molecular weight excluding hydrogens is 352 g/mol. The molecule has 2 fully saturated rings. The number of likely N-dealkylation sites (tertiary alicyclic amines) is 1. The van der Waals surface area contributed by atoms with Gasteiger partial charge in [0.2, 0.25) is 5.91 Å². The van der Waals surface area contributed by atoms with Crippen molar-refractivity contribution in [2.45, 2.75) is 37.3 Å². The molecular formula is C23H24N2O3. The van der Waals surface area contributed by atoms with E-state index in [4.69, 9.17) is 4.74 Å². The predicted octanol–water partition coefficient (Wildman–Crippen LogP) is 3.34. The predicted molar refractivity (Wildman–Crippen MR) is 106 cm³/mol. The highest BCUT2D eigenvalue weighted by molar-refractivity contribution is 5.83. The molecule has 0 spiro atoms. The SMILES string of the molecule is COc1ccccc1-c1ccccc1[C@H]1[C@@H](C#N)N(C(=O)C2CCC2)[C@@H]1CO. The maximum atomic E-state index is 12.8. The van der Waals surface area contributed by atoms with Crippen LogP contribution in [0.4, 0.5) is 0 Å². The highest BCUT2D eigenvalue weighted by atomic mass is 16.5. The minimum absolute atomic E-state index is 0.00955. The molecule has 28 heavy (non-hydrogen) atoms. The molecule has 2 aromatic rings. The van der Waals surface area contributed by atoms with E-state index in [0.717, 1.165) is 41.7 Å². The summed E-state index contributed by atoms with van der Waals surface area (Å²) >= 11 is 0. The number of methoxy groups -OCH3 is 1. The van der Waals surface area contributed by atoms with Gasteiger partial charge in [0.25, 0.3) is 0 Å². The molecule has 1 N–H and O–H groups in total. The lowest BCUT2D eigenvalue weighted by atomic mass is 9.71. The van der Waals surface area contributed by atoms with Crippen LogP contribution in [0, 0.1) is 17.2 Å². The van der Waals surface area contributed by atoms with Gasteiger partial charge in [0, 0.05) is 17.4 Å². The van der Waals surface area contributed by atoms with Crippen molar-refractivity contribution >= 4 is 5.91 Å². The van der Waals surface area contributed by atoms with E-state index >= 15 is 0 Å². The van der Waals surface area contributed by atoms with Gasteiger partial charge < -0.3 is 14.7 Å². The molecule has 0 bridgehead atoms. The second-order valence-corrected chi connectivity index (χ2v) is 7.51. The van der Waals surface area contributed by atoms with Crippen molar-refractivity contribution in [1.29, 1.82) is 5.26 Å². The normalized spacial score (nSPS) is 24.0. The van der Waals surface area contributed by atoms with E-state index in [9.17, 15) is 15.2 Å². The van der Waals surface area contributed by atoms with Gasteiger partial charge >= 0.3 is 0 Å². The molecule has 1 heterocycles. The van der Waals surface area contributed by atoms with Crippen LogP contribution >= 0.6 is 0 Å². The highest BCUT2D eigenvalue weighted by Gasteiger charge is 2.53. The van der Waals surface area contributed by atoms with Crippen LogP contribution in [0.25, 0.3) is 11.1 Å². The smallest absolute Gasteiger partial charge is 0.227 e. The van der Waals surface area contributed by atoms with E-state index in [1.54, 1.807) is 12.0 Å². The molecule has 5 heteroatoms. The highest BCUT2D eigenvalue weighted by Crippen LogP contribution is 2.47. The molecule has 1 aliphatic carbocycles. The summed E-state index contributed by atoms with van der Waals surface area (Å²) in [5.41, 5.74) is 2.88. The number of para-hydroxylation sites is 1. The van der Waals surface area contributed by atoms with E-state index in [-0.39, 0.29) is 30.4 Å². The zero-order valence-corrected chi connectivity index (χ0v) is 15.9. The summed E-state index contributed by atoms with van der Waals surface area (Å²) in [6.45, 7) is -0.151. The van der Waals surface area contributed by atoms with Crippen molar-refractivity contribution in [1.82, 2.24) is 4.90 Å². The summed E-state index contributed by atoms with van der Waals surface area (Å²) < 4.78 is 5.53. The molecule has 3 atom stereocenters. The fraction of sp³-hybridized carbons (Fsp3) is 0.391. The molecule has 1 saturated carbocycles. The summed E-state index contributed by atoms with van der Waals surface area (Å²) in [7, 11) is 1.64. The molecule has 5 nitrogen and oxygen atoms in total. The third-order valence-electron chi connectivity index (χ3n) is 6.16. The van der Waals surface area contributed by atoms with E-state index in [1.807, 2.05) is 48.5 Å². The maximum absolute atomic E-state index is 12.8. The standard InChI is InChI=1S/C23H24N2O3/c1-28-21-12-5-4-10-17(21)16-9-2-3-11-18(16)22-19(13-24)25(20(22)14-26)23(27)15-7-6-8-15/h2-5,9-12,15,19-20,22,26H,6-8,14H2,1H3/t19-,20-,22+/m1/s1. The van der Waals surface area contributed by atoms with Crippen LogP contribution in [0.15, 0.2) is 48.5 Å². The third-order valence-corrected chi connectivity index (χ3v) is 6.16. The van der Waals surface area contributed by atoms with E-state index in [2.05, 4.69) is 6.07 Å². The second-order valence-electron chi connectivity index (χ2n) is 7.51. The molecule has 2 aromatic carbocycles. The van der Waals surface area contributed by atoms with Crippen LogP contribution in [0.2, 0.25) is 0 Å². The molecule has 2 aliphatic rings. The Morgan fingerprint density at radius 1 is 1.18 bits per heavy atom. The van der Waals surface area contributed by atoms with Gasteiger partial charge in [-0.2, -0.15) is 5.26 Å². The fourth-order valence-corrected chi connectivity index (χ4v) is 4.45. The Hall–Kier alpha value is -2.84. The average molecular weight is 376 g/mol. The Morgan fingerprint density at radius 2 is 1.86 bits per heavy atom. The summed E-state index contributed by atoms with van der Waals surface area (Å²) in [5.74, 6) is 0.559. The van der Waals surface area contributed by atoms with Gasteiger partial charge in [-0.1, -0.05) is 48.9 Å². The lowest BCUT2D eigenvalue weighted by Gasteiger charge is -2.53. The molecule has 1 saturated heterocycles. The van der Waals surface area contributed by atoms with Gasteiger partial charge in [-0.3, -0.25) is 4.79 Å². The molecule has 1 aliphatic heterocycles. The molecule has 0 radical (unpaired) electrons. The number of aliphatic hydroxyl groups is 1. The number of aliphatic hydroxyl groups excluding tert-OH is 1. The number of nitriles is 1. The second kappa shape index (κ2) is 7.65. The Balaban J connectivity index is 1.73. The van der Waals surface area contributed by atoms with Gasteiger partial charge in [0.1, 0.15) is 11.8 Å². The molecule has 4 rings (SSSR count). The third kappa shape index (κ3) is 2.85. The minimum Gasteiger partial charge on any atom is -0.496 e. The topological polar surface area (TPSA) is 73.6 Å². The number of amides is 1. The zero-order valence-electron chi connectivity index (χ0n) is 15.9. The number of carbonyl (C=O) groups is 1. The monoisotopic (exact) mass is 376 g/mol. The van der Waals surface area contributed by atoms with Crippen molar-refractivity contribution in [3.05, 3.63) is 54.1 Å². The number of carbonyl (C=O) groups excluding carboxylic acids is 1. The van der Waals surface area contributed by atoms with Crippen molar-refractivity contribution in [3.8, 4) is 22.9 Å². The number of ether oxygens (including phenoxy) is 1. The lowest BCUT2D eigenvalue weighted by molar-refractivity contribution is -0.154. The van der Waals surface area contributed by atoms with Crippen molar-refractivity contribution in [2.75, 3.05) is 13.7 Å². The van der Waals surface area contributed by atoms with Crippen LogP contribution < -0.4 is 4.74 Å². The van der Waals surface area contributed by atoms with Crippen molar-refractivity contribution in [2.24, 2.45) is 5.92 Å². The van der Waals surface area contributed by atoms with Crippen LogP contribution in [-0.4, -0.2) is 41.7 Å². The Kier molecular flexibility index (Phi) is 5.06. The number of benzene rings is 2. The van der Waals surface area contributed by atoms with Crippen LogP contribution in [0.5, 0.6) is 5.75 Å². The molecule has 144 valence electrons. The molecule has 1 amide bonds. The largest absolute Gasteiger partial charge is 0.496 e. The van der Waals surface area contributed by atoms with E-state index in [1.165, 1.54) is 0 Å². The first-order chi connectivity index (χ1) is 13.7. The van der Waals surface area contributed by atoms with Gasteiger partial charge in [-0.25, -0.2) is 0 Å². The Labute approximate surface area is 165 Å². The quantitative estimate of drug-likeness (QED) is 0.869. The fourth-order valence-electron chi connectivity index (χ4n) is 4.45. The number of hydrogen-bond donors (Lipinski definition) is 1. The van der Waals surface area contributed by atoms with Gasteiger partial charge in [0.05, 0.1) is 25.8 Å². The van der Waals surface area contributed by atoms with Crippen LogP contribution in [0.3, 0.4) is 0 Å². The Morgan fingerprint density at radius 3 is 2.46 bits per heavy atom. The number of hydrogen-bond acceptors (Lipinski definition) is 4. The van der Waals surface area contributed by atoms with Gasteiger partial charge in [-0.15, -0.1) is 0 Å². The first-order valence-corrected chi connectivity index (χ1v) is 9.76.